The van der Waals surface area contributed by atoms with Crippen LogP contribution >= 0.6 is 0 Å². The van der Waals surface area contributed by atoms with Gasteiger partial charge in [0.15, 0.2) is 0 Å². The molecule has 0 aromatic heterocycles. The summed E-state index contributed by atoms with van der Waals surface area (Å²) in [6, 6.07) is 0. The van der Waals surface area contributed by atoms with E-state index in [-0.39, 0.29) is 6.61 Å². The van der Waals surface area contributed by atoms with E-state index in [2.05, 4.69) is 19.9 Å². The highest BCUT2D eigenvalue weighted by atomic mass is 16.2. The predicted octanol–water partition coefficient (Wildman–Crippen LogP) is 1.58. The summed E-state index contributed by atoms with van der Waals surface area (Å²) in [6.45, 7) is 4.50. The average Bonchev–Trinajstić information content (AvgIpc) is 1.66. The largest absolute Gasteiger partial charge is 0.396 e. The van der Waals surface area contributed by atoms with Gasteiger partial charge in [-0.3, -0.25) is 0 Å². The van der Waals surface area contributed by atoms with Gasteiger partial charge in [-0.25, -0.2) is 0 Å². The number of aliphatic hydroxyl groups excluding tert-OH is 1. The molecule has 0 amide bonds. The zero-order chi connectivity index (χ0) is 6.41. The Morgan fingerprint density at radius 2 is 2.12 bits per heavy atom. The molecule has 0 saturated carbocycles. The lowest BCUT2D eigenvalue weighted by atomic mass is 10.2. The van der Waals surface area contributed by atoms with Gasteiger partial charge in [0.05, 0.1) is 0 Å². The van der Waals surface area contributed by atoms with E-state index in [1.807, 2.05) is 6.08 Å². The fourth-order valence-corrected chi connectivity index (χ4v) is 0.443. The van der Waals surface area contributed by atoms with Crippen LogP contribution in [0, 0.1) is 5.92 Å². The van der Waals surface area contributed by atoms with Crippen molar-refractivity contribution in [3.63, 3.8) is 0 Å². The maximum atomic E-state index is 8.33. The van der Waals surface area contributed by atoms with E-state index in [0.717, 1.165) is 6.42 Å². The maximum Gasteiger partial charge on any atom is 0.0465 e. The Balaban J connectivity index is 3.07. The standard InChI is InChI=1S/C7H14O/c1-7(2)5-3-4-6-8/h3,5,7-8H,4,6H2,1-2H3/b5-3-. The summed E-state index contributed by atoms with van der Waals surface area (Å²) in [4.78, 5) is 0. The van der Waals surface area contributed by atoms with E-state index >= 15 is 0 Å². The third kappa shape index (κ3) is 5.70. The molecular weight excluding hydrogens is 100 g/mol. The molecule has 0 aromatic rings. The van der Waals surface area contributed by atoms with Gasteiger partial charge in [-0.1, -0.05) is 26.0 Å². The number of rotatable bonds is 3. The van der Waals surface area contributed by atoms with Gasteiger partial charge in [0.25, 0.3) is 0 Å². The van der Waals surface area contributed by atoms with Crippen LogP contribution in [0.3, 0.4) is 0 Å². The van der Waals surface area contributed by atoms with Gasteiger partial charge >= 0.3 is 0 Å². The van der Waals surface area contributed by atoms with E-state index in [4.69, 9.17) is 5.11 Å². The van der Waals surface area contributed by atoms with Crippen molar-refractivity contribution in [3.05, 3.63) is 12.2 Å². The molecule has 0 aliphatic carbocycles. The quantitative estimate of drug-likeness (QED) is 0.552. The van der Waals surface area contributed by atoms with Crippen LogP contribution in [-0.4, -0.2) is 11.7 Å². The first-order valence-corrected chi connectivity index (χ1v) is 3.05. The van der Waals surface area contributed by atoms with Crippen molar-refractivity contribution in [1.82, 2.24) is 0 Å². The SMILES string of the molecule is CC(C)/C=C\CCO. The van der Waals surface area contributed by atoms with Crippen molar-refractivity contribution < 1.29 is 5.11 Å². The monoisotopic (exact) mass is 114 g/mol. The first-order chi connectivity index (χ1) is 3.77. The Kier molecular flexibility index (Phi) is 4.67. The molecule has 1 nitrogen and oxygen atoms in total. The highest BCUT2D eigenvalue weighted by Gasteiger charge is 1.80. The van der Waals surface area contributed by atoms with Crippen LogP contribution in [0.5, 0.6) is 0 Å². The van der Waals surface area contributed by atoms with E-state index in [0.29, 0.717) is 5.92 Å². The van der Waals surface area contributed by atoms with E-state index in [9.17, 15) is 0 Å². The minimum atomic E-state index is 0.267. The van der Waals surface area contributed by atoms with Gasteiger partial charge < -0.3 is 5.11 Å². The van der Waals surface area contributed by atoms with Crippen LogP contribution in [0.1, 0.15) is 20.3 Å². The van der Waals surface area contributed by atoms with Crippen molar-refractivity contribution in [2.45, 2.75) is 20.3 Å². The highest BCUT2D eigenvalue weighted by molar-refractivity contribution is 4.83. The van der Waals surface area contributed by atoms with Crippen LogP contribution < -0.4 is 0 Å². The highest BCUT2D eigenvalue weighted by Crippen LogP contribution is 1.93. The molecule has 0 fully saturated rings. The lowest BCUT2D eigenvalue weighted by molar-refractivity contribution is 0.302. The van der Waals surface area contributed by atoms with Gasteiger partial charge in [0.2, 0.25) is 0 Å². The Hall–Kier alpha value is -0.300. The molecule has 0 aliphatic heterocycles. The average molecular weight is 114 g/mol. The smallest absolute Gasteiger partial charge is 0.0465 e. The number of hydrogen-bond acceptors (Lipinski definition) is 1. The molecule has 1 N–H and O–H groups in total. The van der Waals surface area contributed by atoms with Crippen LogP contribution in [0.4, 0.5) is 0 Å². The molecule has 8 heavy (non-hydrogen) atoms. The second kappa shape index (κ2) is 4.85. The summed E-state index contributed by atoms with van der Waals surface area (Å²) < 4.78 is 0. The third-order valence-electron chi connectivity index (χ3n) is 0.817. The zero-order valence-electron chi connectivity index (χ0n) is 5.59. The molecule has 0 spiro atoms. The fourth-order valence-electron chi connectivity index (χ4n) is 0.443. The van der Waals surface area contributed by atoms with Gasteiger partial charge in [0.1, 0.15) is 0 Å². The van der Waals surface area contributed by atoms with Crippen molar-refractivity contribution in [3.8, 4) is 0 Å². The van der Waals surface area contributed by atoms with Crippen LogP contribution in [0.25, 0.3) is 0 Å². The topological polar surface area (TPSA) is 20.2 Å². The summed E-state index contributed by atoms with van der Waals surface area (Å²) in [7, 11) is 0. The fraction of sp³-hybridized carbons (Fsp3) is 0.714. The summed E-state index contributed by atoms with van der Waals surface area (Å²) in [6.07, 6.45) is 4.89. The number of hydrogen-bond donors (Lipinski definition) is 1. The second-order valence-corrected chi connectivity index (χ2v) is 2.18. The third-order valence-corrected chi connectivity index (χ3v) is 0.817. The van der Waals surface area contributed by atoms with Crippen molar-refractivity contribution >= 4 is 0 Å². The zero-order valence-corrected chi connectivity index (χ0v) is 5.59. The van der Waals surface area contributed by atoms with Gasteiger partial charge in [-0.15, -0.1) is 0 Å². The molecule has 0 aromatic carbocycles. The lowest BCUT2D eigenvalue weighted by Crippen LogP contribution is -1.79. The molecule has 0 rings (SSSR count). The molecule has 0 radical (unpaired) electrons. The van der Waals surface area contributed by atoms with Crippen LogP contribution in [0.2, 0.25) is 0 Å². The minimum absolute atomic E-state index is 0.267. The van der Waals surface area contributed by atoms with E-state index in [1.54, 1.807) is 0 Å². The van der Waals surface area contributed by atoms with Crippen LogP contribution in [-0.2, 0) is 0 Å². The minimum Gasteiger partial charge on any atom is -0.396 e. The van der Waals surface area contributed by atoms with Crippen molar-refractivity contribution in [2.75, 3.05) is 6.61 Å². The van der Waals surface area contributed by atoms with E-state index < -0.39 is 0 Å². The molecule has 0 aliphatic rings. The molecule has 0 saturated heterocycles. The van der Waals surface area contributed by atoms with Crippen molar-refractivity contribution in [2.24, 2.45) is 5.92 Å². The number of aliphatic hydroxyl groups is 1. The molecule has 0 atom stereocenters. The maximum absolute atomic E-state index is 8.33. The Morgan fingerprint density at radius 1 is 1.50 bits per heavy atom. The summed E-state index contributed by atoms with van der Waals surface area (Å²) in [5.74, 6) is 0.613. The van der Waals surface area contributed by atoms with Crippen LogP contribution in [0.15, 0.2) is 12.2 Å². The summed E-state index contributed by atoms with van der Waals surface area (Å²) in [5, 5.41) is 8.33. The van der Waals surface area contributed by atoms with Crippen molar-refractivity contribution in [1.29, 1.82) is 0 Å². The first kappa shape index (κ1) is 7.70. The van der Waals surface area contributed by atoms with Gasteiger partial charge in [0, 0.05) is 6.61 Å². The molecule has 0 unspecified atom stereocenters. The predicted molar refractivity (Wildman–Crippen MR) is 35.7 cm³/mol. The summed E-state index contributed by atoms with van der Waals surface area (Å²) >= 11 is 0. The molecule has 0 bridgehead atoms. The summed E-state index contributed by atoms with van der Waals surface area (Å²) in [5.41, 5.74) is 0. The lowest BCUT2D eigenvalue weighted by Gasteiger charge is -1.90. The Morgan fingerprint density at radius 3 is 2.50 bits per heavy atom. The van der Waals surface area contributed by atoms with Gasteiger partial charge in [-0.05, 0) is 12.3 Å². The van der Waals surface area contributed by atoms with Gasteiger partial charge in [-0.2, -0.15) is 0 Å². The molecular formula is C7H14O. The molecule has 48 valence electrons. The molecule has 0 heterocycles. The Labute approximate surface area is 51.0 Å². The Bertz CT molecular complexity index is 64.8. The first-order valence-electron chi connectivity index (χ1n) is 3.05. The van der Waals surface area contributed by atoms with E-state index in [1.165, 1.54) is 0 Å². The molecule has 1 heteroatoms. The normalized spacial score (nSPS) is 11.5. The second-order valence-electron chi connectivity index (χ2n) is 2.18. The number of allylic oxidation sites excluding steroid dienone is 1.